The smallest absolute Gasteiger partial charge is 0.228 e. The minimum Gasteiger partial charge on any atom is -0.474 e. The topological polar surface area (TPSA) is 116 Å². The molecule has 10 nitrogen and oxygen atoms in total. The maximum Gasteiger partial charge on any atom is 0.228 e. The molecule has 4 heterocycles. The van der Waals surface area contributed by atoms with Crippen molar-refractivity contribution in [3.63, 3.8) is 0 Å². The standard InChI is InChI=1S/C21H21N7O3S/c1-32(29,30)17-4-2-15(3-5-17)28-20-18(12-26-28)21(25-14-24-20)31-16-6-10-27(11-7-16)19-13-22-8-9-23-19/h2-5,8-9,12-14,16H,6-7,10-11H2,1H3. The summed E-state index contributed by atoms with van der Waals surface area (Å²) in [5.41, 5.74) is 1.30. The van der Waals surface area contributed by atoms with Crippen molar-refractivity contribution < 1.29 is 13.2 Å². The third-order valence-corrected chi connectivity index (χ3v) is 6.56. The second kappa shape index (κ2) is 8.15. The number of rotatable bonds is 5. The van der Waals surface area contributed by atoms with Gasteiger partial charge in [-0.05, 0) is 24.3 Å². The van der Waals surface area contributed by atoms with Gasteiger partial charge < -0.3 is 9.64 Å². The van der Waals surface area contributed by atoms with Crippen molar-refractivity contribution in [2.45, 2.75) is 23.8 Å². The van der Waals surface area contributed by atoms with Crippen LogP contribution in [-0.4, -0.2) is 63.6 Å². The molecule has 0 unspecified atom stereocenters. The quantitative estimate of drug-likeness (QED) is 0.449. The third-order valence-electron chi connectivity index (χ3n) is 5.43. The predicted molar refractivity (Wildman–Crippen MR) is 118 cm³/mol. The van der Waals surface area contributed by atoms with Crippen LogP contribution in [0.25, 0.3) is 16.7 Å². The van der Waals surface area contributed by atoms with Gasteiger partial charge in [0.2, 0.25) is 5.88 Å². The van der Waals surface area contributed by atoms with Crippen molar-refractivity contribution in [3.8, 4) is 11.6 Å². The largest absolute Gasteiger partial charge is 0.474 e. The van der Waals surface area contributed by atoms with Gasteiger partial charge in [-0.15, -0.1) is 0 Å². The first-order valence-corrected chi connectivity index (χ1v) is 12.0. The number of hydrogen-bond acceptors (Lipinski definition) is 9. The zero-order chi connectivity index (χ0) is 22.1. The molecule has 0 spiro atoms. The Hall–Kier alpha value is -3.60. The van der Waals surface area contributed by atoms with Crippen molar-refractivity contribution in [2.24, 2.45) is 0 Å². The normalized spacial score (nSPS) is 15.2. The van der Waals surface area contributed by atoms with Gasteiger partial charge in [-0.25, -0.2) is 28.1 Å². The molecule has 32 heavy (non-hydrogen) atoms. The van der Waals surface area contributed by atoms with E-state index >= 15 is 0 Å². The van der Waals surface area contributed by atoms with Crippen molar-refractivity contribution in [2.75, 3.05) is 24.2 Å². The van der Waals surface area contributed by atoms with Crippen LogP contribution in [0.5, 0.6) is 5.88 Å². The molecule has 0 amide bonds. The summed E-state index contributed by atoms with van der Waals surface area (Å²) in [6.07, 6.45) is 11.1. The molecule has 11 heteroatoms. The van der Waals surface area contributed by atoms with E-state index in [1.807, 2.05) is 0 Å². The first-order valence-electron chi connectivity index (χ1n) is 10.2. The maximum absolute atomic E-state index is 11.7. The van der Waals surface area contributed by atoms with Crippen LogP contribution in [0.1, 0.15) is 12.8 Å². The minimum atomic E-state index is -3.26. The highest BCUT2D eigenvalue weighted by atomic mass is 32.2. The zero-order valence-corrected chi connectivity index (χ0v) is 18.2. The summed E-state index contributed by atoms with van der Waals surface area (Å²) in [6, 6.07) is 6.52. The van der Waals surface area contributed by atoms with Gasteiger partial charge >= 0.3 is 0 Å². The van der Waals surface area contributed by atoms with E-state index in [0.29, 0.717) is 22.6 Å². The van der Waals surface area contributed by atoms with Crippen LogP contribution >= 0.6 is 0 Å². The maximum atomic E-state index is 11.7. The number of hydrogen-bond donors (Lipinski definition) is 0. The highest BCUT2D eigenvalue weighted by Gasteiger charge is 2.23. The van der Waals surface area contributed by atoms with Crippen molar-refractivity contribution in [1.29, 1.82) is 0 Å². The molecule has 0 bridgehead atoms. The Morgan fingerprint density at radius 3 is 2.47 bits per heavy atom. The van der Waals surface area contributed by atoms with Crippen LogP contribution in [0.3, 0.4) is 0 Å². The van der Waals surface area contributed by atoms with E-state index in [2.05, 4.69) is 29.9 Å². The molecule has 1 fully saturated rings. The van der Waals surface area contributed by atoms with Crippen LogP contribution in [0.4, 0.5) is 5.82 Å². The molecule has 0 N–H and O–H groups in total. The predicted octanol–water partition coefficient (Wildman–Crippen LogP) is 2.06. The van der Waals surface area contributed by atoms with E-state index in [-0.39, 0.29) is 11.0 Å². The molecule has 4 aromatic rings. The second-order valence-corrected chi connectivity index (χ2v) is 9.62. The molecule has 0 atom stereocenters. The van der Waals surface area contributed by atoms with E-state index in [4.69, 9.17) is 4.74 Å². The zero-order valence-electron chi connectivity index (χ0n) is 17.4. The number of nitrogens with zero attached hydrogens (tertiary/aromatic N) is 7. The molecular formula is C21H21N7O3S. The van der Waals surface area contributed by atoms with Crippen LogP contribution < -0.4 is 9.64 Å². The minimum absolute atomic E-state index is 0.0263. The summed E-state index contributed by atoms with van der Waals surface area (Å²) in [6.45, 7) is 1.65. The fourth-order valence-electron chi connectivity index (χ4n) is 3.76. The molecule has 1 aliphatic rings. The molecule has 164 valence electrons. The van der Waals surface area contributed by atoms with E-state index in [1.165, 1.54) is 12.6 Å². The molecule has 3 aromatic heterocycles. The Balaban J connectivity index is 1.34. The first kappa shape index (κ1) is 20.3. The molecule has 1 aromatic carbocycles. The van der Waals surface area contributed by atoms with E-state index in [0.717, 1.165) is 31.7 Å². The number of piperidine rings is 1. The Labute approximate surface area is 184 Å². The Morgan fingerprint density at radius 2 is 1.78 bits per heavy atom. The van der Waals surface area contributed by atoms with Gasteiger partial charge in [-0.2, -0.15) is 5.10 Å². The number of aromatic nitrogens is 6. The lowest BCUT2D eigenvalue weighted by Crippen LogP contribution is -2.38. The van der Waals surface area contributed by atoms with Gasteiger partial charge in [-0.1, -0.05) is 0 Å². The summed E-state index contributed by atoms with van der Waals surface area (Å²) in [4.78, 5) is 19.6. The number of anilines is 1. The van der Waals surface area contributed by atoms with E-state index < -0.39 is 9.84 Å². The van der Waals surface area contributed by atoms with Crippen LogP contribution in [0, 0.1) is 0 Å². The summed E-state index contributed by atoms with van der Waals surface area (Å²) in [7, 11) is -3.26. The lowest BCUT2D eigenvalue weighted by Gasteiger charge is -2.32. The average Bonchev–Trinajstić information content (AvgIpc) is 3.25. The Morgan fingerprint density at radius 1 is 1.00 bits per heavy atom. The Kier molecular flexibility index (Phi) is 5.17. The highest BCUT2D eigenvalue weighted by Crippen LogP contribution is 2.27. The fraction of sp³-hybridized carbons (Fsp3) is 0.286. The monoisotopic (exact) mass is 451 g/mol. The first-order chi connectivity index (χ1) is 15.5. The number of fused-ring (bicyclic) bond motifs is 1. The molecule has 0 aliphatic carbocycles. The molecule has 0 saturated carbocycles. The van der Waals surface area contributed by atoms with Gasteiger partial charge in [0.15, 0.2) is 15.5 Å². The van der Waals surface area contributed by atoms with Crippen LogP contribution in [-0.2, 0) is 9.84 Å². The SMILES string of the molecule is CS(=O)(=O)c1ccc(-n2ncc3c(OC4CCN(c5cnccn5)CC4)ncnc32)cc1. The number of ether oxygens (including phenoxy) is 1. The summed E-state index contributed by atoms with van der Waals surface area (Å²) in [5.74, 6) is 1.37. The molecule has 5 rings (SSSR count). The average molecular weight is 452 g/mol. The van der Waals surface area contributed by atoms with E-state index in [9.17, 15) is 8.42 Å². The summed E-state index contributed by atoms with van der Waals surface area (Å²) < 4.78 is 31.3. The van der Waals surface area contributed by atoms with Crippen LogP contribution in [0.15, 0.2) is 60.3 Å². The van der Waals surface area contributed by atoms with Gasteiger partial charge in [-0.3, -0.25) is 4.98 Å². The number of benzene rings is 1. The molecule has 0 radical (unpaired) electrons. The van der Waals surface area contributed by atoms with E-state index in [1.54, 1.807) is 53.7 Å². The van der Waals surface area contributed by atoms with Crippen molar-refractivity contribution >= 4 is 26.7 Å². The Bertz CT molecular complexity index is 1330. The lowest BCUT2D eigenvalue weighted by molar-refractivity contribution is 0.166. The third kappa shape index (κ3) is 3.98. The van der Waals surface area contributed by atoms with Crippen LogP contribution in [0.2, 0.25) is 0 Å². The molecule has 1 saturated heterocycles. The van der Waals surface area contributed by atoms with Gasteiger partial charge in [0.05, 0.1) is 23.0 Å². The van der Waals surface area contributed by atoms with Gasteiger partial charge in [0.1, 0.15) is 23.6 Å². The van der Waals surface area contributed by atoms with Gasteiger partial charge in [0, 0.05) is 44.6 Å². The van der Waals surface area contributed by atoms with Crippen molar-refractivity contribution in [1.82, 2.24) is 29.7 Å². The van der Waals surface area contributed by atoms with Crippen molar-refractivity contribution in [3.05, 3.63) is 55.4 Å². The summed E-state index contributed by atoms with van der Waals surface area (Å²) in [5, 5.41) is 5.13. The lowest BCUT2D eigenvalue weighted by atomic mass is 10.1. The molecule has 1 aliphatic heterocycles. The number of sulfone groups is 1. The highest BCUT2D eigenvalue weighted by molar-refractivity contribution is 7.90. The summed E-state index contributed by atoms with van der Waals surface area (Å²) >= 11 is 0. The fourth-order valence-corrected chi connectivity index (χ4v) is 4.39. The van der Waals surface area contributed by atoms with Gasteiger partial charge in [0.25, 0.3) is 0 Å². The molecular weight excluding hydrogens is 430 g/mol. The second-order valence-electron chi connectivity index (χ2n) is 7.61.